The maximum atomic E-state index is 5.96. The van der Waals surface area contributed by atoms with Gasteiger partial charge in [-0.1, -0.05) is 18.6 Å². The van der Waals surface area contributed by atoms with Gasteiger partial charge in [-0.15, -0.1) is 0 Å². The van der Waals surface area contributed by atoms with Gasteiger partial charge in [0.25, 0.3) is 0 Å². The minimum Gasteiger partial charge on any atom is -0.459 e. The van der Waals surface area contributed by atoms with Crippen LogP contribution in [0.25, 0.3) is 11.0 Å². The first-order valence-electron chi connectivity index (χ1n) is 6.66. The van der Waals surface area contributed by atoms with Crippen LogP contribution in [-0.2, 0) is 0 Å². The highest BCUT2D eigenvalue weighted by Crippen LogP contribution is 2.30. The van der Waals surface area contributed by atoms with Crippen molar-refractivity contribution in [3.63, 3.8) is 0 Å². The van der Waals surface area contributed by atoms with Crippen molar-refractivity contribution in [3.8, 4) is 0 Å². The Kier molecular flexibility index (Phi) is 3.68. The minimum absolute atomic E-state index is 0.0704. The number of rotatable bonds is 4. The molecule has 2 heterocycles. The standard InChI is InChI=1S/C16H16BrNO2/c1-3-18-16(13-6-7-15(17)20-13)14-9-11-8-10(2)4-5-12(11)19-14/h4-9,16,18H,3H2,1-2H3. The predicted molar refractivity (Wildman–Crippen MR) is 82.9 cm³/mol. The number of hydrogen-bond donors (Lipinski definition) is 1. The highest BCUT2D eigenvalue weighted by atomic mass is 79.9. The van der Waals surface area contributed by atoms with Crippen LogP contribution >= 0.6 is 15.9 Å². The predicted octanol–water partition coefficient (Wildman–Crippen LogP) is 4.80. The highest BCUT2D eigenvalue weighted by Gasteiger charge is 2.20. The van der Waals surface area contributed by atoms with E-state index in [2.05, 4.69) is 53.3 Å². The molecule has 1 aromatic carbocycles. The van der Waals surface area contributed by atoms with E-state index in [0.717, 1.165) is 33.7 Å². The maximum Gasteiger partial charge on any atom is 0.169 e. The van der Waals surface area contributed by atoms with Gasteiger partial charge in [-0.05, 0) is 59.7 Å². The van der Waals surface area contributed by atoms with Gasteiger partial charge in [-0.3, -0.25) is 0 Å². The molecule has 0 bridgehead atoms. The zero-order chi connectivity index (χ0) is 14.1. The second-order valence-electron chi connectivity index (χ2n) is 4.82. The molecule has 3 rings (SSSR count). The lowest BCUT2D eigenvalue weighted by Crippen LogP contribution is -2.20. The average molecular weight is 334 g/mol. The average Bonchev–Trinajstić information content (AvgIpc) is 3.01. The Morgan fingerprint density at radius 3 is 2.65 bits per heavy atom. The van der Waals surface area contributed by atoms with Crippen LogP contribution in [-0.4, -0.2) is 6.54 Å². The van der Waals surface area contributed by atoms with Crippen LogP contribution in [0.15, 0.2) is 49.9 Å². The van der Waals surface area contributed by atoms with Crippen molar-refractivity contribution < 1.29 is 8.83 Å². The Balaban J connectivity index is 2.04. The molecule has 0 aliphatic heterocycles. The quantitative estimate of drug-likeness (QED) is 0.745. The van der Waals surface area contributed by atoms with Crippen molar-refractivity contribution in [3.05, 3.63) is 58.2 Å². The van der Waals surface area contributed by atoms with E-state index in [1.165, 1.54) is 5.56 Å². The van der Waals surface area contributed by atoms with E-state index in [4.69, 9.17) is 8.83 Å². The zero-order valence-electron chi connectivity index (χ0n) is 11.4. The molecule has 0 fully saturated rings. The summed E-state index contributed by atoms with van der Waals surface area (Å²) < 4.78 is 12.4. The van der Waals surface area contributed by atoms with Gasteiger partial charge in [0.05, 0.1) is 0 Å². The minimum atomic E-state index is -0.0704. The van der Waals surface area contributed by atoms with E-state index in [9.17, 15) is 0 Å². The molecule has 20 heavy (non-hydrogen) atoms. The SMILES string of the molecule is CCNC(c1ccc(Br)o1)c1cc2cc(C)ccc2o1. The Morgan fingerprint density at radius 1 is 1.10 bits per heavy atom. The molecule has 4 heteroatoms. The Labute approximate surface area is 126 Å². The third kappa shape index (κ3) is 2.53. The second kappa shape index (κ2) is 5.46. The number of hydrogen-bond acceptors (Lipinski definition) is 3. The van der Waals surface area contributed by atoms with Gasteiger partial charge in [-0.25, -0.2) is 0 Å². The topological polar surface area (TPSA) is 38.3 Å². The Bertz CT molecular complexity index is 729. The normalized spacial score (nSPS) is 12.9. The molecule has 104 valence electrons. The first kappa shape index (κ1) is 13.5. The fraction of sp³-hybridized carbons (Fsp3) is 0.250. The number of fused-ring (bicyclic) bond motifs is 1. The van der Waals surface area contributed by atoms with Gasteiger partial charge in [0.1, 0.15) is 23.1 Å². The van der Waals surface area contributed by atoms with Crippen LogP contribution in [0.3, 0.4) is 0 Å². The van der Waals surface area contributed by atoms with Crippen molar-refractivity contribution in [2.45, 2.75) is 19.9 Å². The molecule has 1 N–H and O–H groups in total. The highest BCUT2D eigenvalue weighted by molar-refractivity contribution is 9.10. The first-order valence-corrected chi connectivity index (χ1v) is 7.45. The number of halogens is 1. The van der Waals surface area contributed by atoms with E-state index >= 15 is 0 Å². The Hall–Kier alpha value is -1.52. The smallest absolute Gasteiger partial charge is 0.169 e. The molecule has 1 atom stereocenters. The molecule has 3 aromatic rings. The van der Waals surface area contributed by atoms with Crippen LogP contribution in [0.1, 0.15) is 30.0 Å². The maximum absolute atomic E-state index is 5.96. The van der Waals surface area contributed by atoms with Gasteiger partial charge >= 0.3 is 0 Å². The van der Waals surface area contributed by atoms with Crippen molar-refractivity contribution >= 4 is 26.9 Å². The fourth-order valence-corrected chi connectivity index (χ4v) is 2.67. The molecular formula is C16H16BrNO2. The van der Waals surface area contributed by atoms with Gasteiger partial charge in [-0.2, -0.15) is 0 Å². The van der Waals surface area contributed by atoms with Gasteiger partial charge in [0.15, 0.2) is 4.67 Å². The lowest BCUT2D eigenvalue weighted by atomic mass is 10.1. The summed E-state index contributed by atoms with van der Waals surface area (Å²) >= 11 is 3.34. The summed E-state index contributed by atoms with van der Waals surface area (Å²) in [5.41, 5.74) is 2.13. The van der Waals surface area contributed by atoms with E-state index in [1.54, 1.807) is 0 Å². The molecular weight excluding hydrogens is 318 g/mol. The molecule has 0 radical (unpaired) electrons. The lowest BCUT2D eigenvalue weighted by molar-refractivity contribution is 0.395. The van der Waals surface area contributed by atoms with Crippen LogP contribution in [0.2, 0.25) is 0 Å². The van der Waals surface area contributed by atoms with Crippen LogP contribution in [0, 0.1) is 6.92 Å². The van der Waals surface area contributed by atoms with Crippen molar-refractivity contribution in [2.75, 3.05) is 6.54 Å². The first-order chi connectivity index (χ1) is 9.67. The summed E-state index contributed by atoms with van der Waals surface area (Å²) in [6.07, 6.45) is 0. The lowest BCUT2D eigenvalue weighted by Gasteiger charge is -2.12. The summed E-state index contributed by atoms with van der Waals surface area (Å²) in [4.78, 5) is 0. The number of benzene rings is 1. The van der Waals surface area contributed by atoms with E-state index < -0.39 is 0 Å². The molecule has 0 aliphatic rings. The number of furan rings is 2. The summed E-state index contributed by atoms with van der Waals surface area (Å²) in [5, 5.41) is 4.51. The van der Waals surface area contributed by atoms with Gasteiger partial charge in [0.2, 0.25) is 0 Å². The fourth-order valence-electron chi connectivity index (χ4n) is 2.35. The van der Waals surface area contributed by atoms with E-state index in [-0.39, 0.29) is 6.04 Å². The van der Waals surface area contributed by atoms with Crippen molar-refractivity contribution in [1.82, 2.24) is 5.32 Å². The largest absolute Gasteiger partial charge is 0.459 e. The molecule has 1 unspecified atom stereocenters. The summed E-state index contributed by atoms with van der Waals surface area (Å²) in [7, 11) is 0. The summed E-state index contributed by atoms with van der Waals surface area (Å²) in [6.45, 7) is 4.98. The second-order valence-corrected chi connectivity index (χ2v) is 5.60. The molecule has 0 saturated carbocycles. The summed E-state index contributed by atoms with van der Waals surface area (Å²) in [5.74, 6) is 1.71. The zero-order valence-corrected chi connectivity index (χ0v) is 13.0. The third-order valence-electron chi connectivity index (χ3n) is 3.26. The van der Waals surface area contributed by atoms with Gasteiger partial charge < -0.3 is 14.2 Å². The van der Waals surface area contributed by atoms with Crippen LogP contribution in [0.4, 0.5) is 0 Å². The molecule has 3 nitrogen and oxygen atoms in total. The molecule has 0 amide bonds. The van der Waals surface area contributed by atoms with Crippen molar-refractivity contribution in [2.24, 2.45) is 0 Å². The number of aryl methyl sites for hydroxylation is 1. The third-order valence-corrected chi connectivity index (χ3v) is 3.69. The van der Waals surface area contributed by atoms with Crippen molar-refractivity contribution in [1.29, 1.82) is 0 Å². The van der Waals surface area contributed by atoms with E-state index in [0.29, 0.717) is 0 Å². The molecule has 0 spiro atoms. The molecule has 0 aliphatic carbocycles. The summed E-state index contributed by atoms with van der Waals surface area (Å²) in [6, 6.07) is 12.0. The number of nitrogens with one attached hydrogen (secondary N) is 1. The monoisotopic (exact) mass is 333 g/mol. The van der Waals surface area contributed by atoms with Crippen LogP contribution in [0.5, 0.6) is 0 Å². The van der Waals surface area contributed by atoms with E-state index in [1.807, 2.05) is 18.2 Å². The molecule has 0 saturated heterocycles. The molecule has 2 aromatic heterocycles. The Morgan fingerprint density at radius 2 is 1.95 bits per heavy atom. The van der Waals surface area contributed by atoms with Gasteiger partial charge in [0, 0.05) is 5.39 Å². The van der Waals surface area contributed by atoms with Crippen LogP contribution < -0.4 is 5.32 Å².